The molecule has 0 atom stereocenters. The van der Waals surface area contributed by atoms with E-state index >= 15 is 0 Å². The van der Waals surface area contributed by atoms with Crippen LogP contribution in [-0.2, 0) is 4.79 Å². The largest absolute Gasteiger partial charge is 0.506 e. The lowest BCUT2D eigenvalue weighted by molar-refractivity contribution is -0.123. The number of phenols is 1. The van der Waals surface area contributed by atoms with Gasteiger partial charge < -0.3 is 9.84 Å². The van der Waals surface area contributed by atoms with Gasteiger partial charge in [-0.25, -0.2) is 5.43 Å². The van der Waals surface area contributed by atoms with Gasteiger partial charge in [0.25, 0.3) is 5.91 Å². The first-order valence-electron chi connectivity index (χ1n) is 7.07. The Balaban J connectivity index is 1.93. The first-order valence-corrected chi connectivity index (χ1v) is 9.23. The quantitative estimate of drug-likeness (QED) is 0.339. The van der Waals surface area contributed by atoms with E-state index in [-0.39, 0.29) is 18.3 Å². The van der Waals surface area contributed by atoms with E-state index in [1.165, 1.54) is 6.21 Å². The van der Waals surface area contributed by atoms with Crippen molar-refractivity contribution in [1.29, 1.82) is 0 Å². The number of aryl methyl sites for hydroxylation is 1. The minimum atomic E-state index is -0.369. The number of hydrazone groups is 1. The van der Waals surface area contributed by atoms with Gasteiger partial charge in [0.15, 0.2) is 6.61 Å². The number of carbonyl (C=O) groups is 1. The molecule has 7 heteroatoms. The molecule has 0 fully saturated rings. The van der Waals surface area contributed by atoms with E-state index in [0.717, 1.165) is 18.3 Å². The predicted octanol–water partition coefficient (Wildman–Crippen LogP) is 3.75. The van der Waals surface area contributed by atoms with Gasteiger partial charge in [-0.3, -0.25) is 4.79 Å². The smallest absolute Gasteiger partial charge is 0.277 e. The van der Waals surface area contributed by atoms with Crippen LogP contribution in [-0.4, -0.2) is 23.8 Å². The Labute approximate surface area is 167 Å². The van der Waals surface area contributed by atoms with Crippen molar-refractivity contribution in [3.8, 4) is 11.5 Å². The molecule has 2 N–H and O–H groups in total. The Morgan fingerprint density at radius 3 is 2.83 bits per heavy atom. The summed E-state index contributed by atoms with van der Waals surface area (Å²) >= 11 is 4.20. The number of amides is 1. The zero-order chi connectivity index (χ0) is 17.7. The lowest BCUT2D eigenvalue weighted by Gasteiger charge is -2.09. The molecule has 2 aromatic rings. The van der Waals surface area contributed by atoms with Crippen molar-refractivity contribution in [3.05, 3.63) is 54.2 Å². The number of benzene rings is 2. The number of carbonyl (C=O) groups excluding carboxylic acids is 1. The SMILES string of the molecule is Cc1cccc(OCC(=O)N/N=C\c2cc(I)cc(I)c2O)c1C. The van der Waals surface area contributed by atoms with E-state index in [4.69, 9.17) is 4.74 Å². The van der Waals surface area contributed by atoms with E-state index in [2.05, 4.69) is 33.1 Å². The van der Waals surface area contributed by atoms with Crippen LogP contribution in [0, 0.1) is 21.0 Å². The Hall–Kier alpha value is -1.36. The molecule has 0 aliphatic rings. The van der Waals surface area contributed by atoms with Gasteiger partial charge in [-0.2, -0.15) is 5.10 Å². The highest BCUT2D eigenvalue weighted by molar-refractivity contribution is 14.1. The van der Waals surface area contributed by atoms with Gasteiger partial charge in [-0.05, 0) is 88.4 Å². The molecule has 1 amide bonds. The highest BCUT2D eigenvalue weighted by Crippen LogP contribution is 2.25. The number of hydrogen-bond acceptors (Lipinski definition) is 4. The highest BCUT2D eigenvalue weighted by atomic mass is 127. The summed E-state index contributed by atoms with van der Waals surface area (Å²) in [5.41, 5.74) is 5.05. The van der Waals surface area contributed by atoms with Gasteiger partial charge >= 0.3 is 0 Å². The number of ether oxygens (including phenoxy) is 1. The van der Waals surface area contributed by atoms with E-state index in [9.17, 15) is 9.90 Å². The fourth-order valence-electron chi connectivity index (χ4n) is 1.91. The molecule has 0 heterocycles. The Morgan fingerprint density at radius 2 is 2.08 bits per heavy atom. The second-order valence-corrected chi connectivity index (χ2v) is 7.51. The Morgan fingerprint density at radius 1 is 1.33 bits per heavy atom. The van der Waals surface area contributed by atoms with Crippen LogP contribution in [0.25, 0.3) is 0 Å². The summed E-state index contributed by atoms with van der Waals surface area (Å²) < 4.78 is 7.21. The van der Waals surface area contributed by atoms with Crippen LogP contribution in [0.2, 0.25) is 0 Å². The minimum Gasteiger partial charge on any atom is -0.506 e. The van der Waals surface area contributed by atoms with Crippen molar-refractivity contribution in [2.75, 3.05) is 6.61 Å². The van der Waals surface area contributed by atoms with E-state index < -0.39 is 0 Å². The van der Waals surface area contributed by atoms with Gasteiger partial charge in [0.2, 0.25) is 0 Å². The lowest BCUT2D eigenvalue weighted by Crippen LogP contribution is -2.24. The minimum absolute atomic E-state index is 0.128. The first-order chi connectivity index (χ1) is 11.4. The zero-order valence-electron chi connectivity index (χ0n) is 13.1. The predicted molar refractivity (Wildman–Crippen MR) is 111 cm³/mol. The maximum atomic E-state index is 11.8. The van der Waals surface area contributed by atoms with Gasteiger partial charge in [0.1, 0.15) is 11.5 Å². The number of nitrogens with one attached hydrogen (secondary N) is 1. The Bertz CT molecular complexity index is 792. The average Bonchev–Trinajstić information content (AvgIpc) is 2.53. The highest BCUT2D eigenvalue weighted by Gasteiger charge is 2.07. The summed E-state index contributed by atoms with van der Waals surface area (Å²) in [7, 11) is 0. The van der Waals surface area contributed by atoms with Crippen molar-refractivity contribution in [2.24, 2.45) is 5.10 Å². The molecule has 2 aromatic carbocycles. The summed E-state index contributed by atoms with van der Waals surface area (Å²) in [5, 5.41) is 13.8. The first kappa shape index (κ1) is 19.0. The van der Waals surface area contributed by atoms with Crippen molar-refractivity contribution in [1.82, 2.24) is 5.43 Å². The lowest BCUT2D eigenvalue weighted by atomic mass is 10.1. The molecule has 126 valence electrons. The third-order valence-corrected chi connectivity index (χ3v) is 4.81. The fourth-order valence-corrected chi connectivity index (χ4v) is 3.80. The summed E-state index contributed by atoms with van der Waals surface area (Å²) in [6, 6.07) is 9.33. The second kappa shape index (κ2) is 8.65. The van der Waals surface area contributed by atoms with Gasteiger partial charge in [-0.1, -0.05) is 12.1 Å². The Kier molecular flexibility index (Phi) is 6.84. The monoisotopic (exact) mass is 550 g/mol. The topological polar surface area (TPSA) is 70.9 Å². The number of halogens is 2. The number of nitrogens with zero attached hydrogens (tertiary/aromatic N) is 1. The third-order valence-electron chi connectivity index (χ3n) is 3.36. The molecule has 5 nitrogen and oxygen atoms in total. The van der Waals surface area contributed by atoms with E-state index in [1.54, 1.807) is 6.07 Å². The number of phenolic OH excluding ortho intramolecular Hbond substituents is 1. The third kappa shape index (κ3) is 5.07. The van der Waals surface area contributed by atoms with Crippen molar-refractivity contribution < 1.29 is 14.6 Å². The molecule has 0 unspecified atom stereocenters. The average molecular weight is 550 g/mol. The van der Waals surface area contributed by atoms with E-state index in [1.807, 2.05) is 60.7 Å². The number of aromatic hydroxyl groups is 1. The van der Waals surface area contributed by atoms with Crippen molar-refractivity contribution in [3.63, 3.8) is 0 Å². The van der Waals surface area contributed by atoms with Crippen molar-refractivity contribution >= 4 is 57.3 Å². The summed E-state index contributed by atoms with van der Waals surface area (Å²) in [6.07, 6.45) is 1.41. The van der Waals surface area contributed by atoms with Gasteiger partial charge in [0.05, 0.1) is 9.78 Å². The zero-order valence-corrected chi connectivity index (χ0v) is 17.5. The molecule has 0 saturated carbocycles. The summed E-state index contributed by atoms with van der Waals surface area (Å²) in [6.45, 7) is 3.81. The van der Waals surface area contributed by atoms with Crippen LogP contribution in [0.3, 0.4) is 0 Å². The maximum Gasteiger partial charge on any atom is 0.277 e. The van der Waals surface area contributed by atoms with Crippen LogP contribution in [0.1, 0.15) is 16.7 Å². The van der Waals surface area contributed by atoms with Crippen LogP contribution in [0.5, 0.6) is 11.5 Å². The summed E-state index contributed by atoms with van der Waals surface area (Å²) in [5.74, 6) is 0.451. The maximum absolute atomic E-state index is 11.8. The molecule has 0 aromatic heterocycles. The molecule has 24 heavy (non-hydrogen) atoms. The molecular formula is C17H16I2N2O3. The molecule has 0 spiro atoms. The molecular weight excluding hydrogens is 534 g/mol. The summed E-state index contributed by atoms with van der Waals surface area (Å²) in [4.78, 5) is 11.8. The van der Waals surface area contributed by atoms with Crippen LogP contribution < -0.4 is 10.2 Å². The molecule has 0 bridgehead atoms. The van der Waals surface area contributed by atoms with Gasteiger partial charge in [-0.15, -0.1) is 0 Å². The molecule has 0 saturated heterocycles. The van der Waals surface area contributed by atoms with E-state index in [0.29, 0.717) is 11.3 Å². The normalized spacial score (nSPS) is 10.8. The number of rotatable bonds is 5. The molecule has 0 radical (unpaired) electrons. The number of hydrogen-bond donors (Lipinski definition) is 2. The molecule has 0 aliphatic heterocycles. The van der Waals surface area contributed by atoms with Crippen LogP contribution >= 0.6 is 45.2 Å². The fraction of sp³-hybridized carbons (Fsp3) is 0.176. The van der Waals surface area contributed by atoms with Gasteiger partial charge in [0, 0.05) is 9.13 Å². The van der Waals surface area contributed by atoms with Crippen molar-refractivity contribution in [2.45, 2.75) is 13.8 Å². The second-order valence-electron chi connectivity index (χ2n) is 5.11. The molecule has 0 aliphatic carbocycles. The van der Waals surface area contributed by atoms with Crippen LogP contribution in [0.15, 0.2) is 35.4 Å². The molecule has 2 rings (SSSR count). The van der Waals surface area contributed by atoms with Crippen LogP contribution in [0.4, 0.5) is 0 Å². The standard InChI is InChI=1S/C17H16I2N2O3/c1-10-4-3-5-15(11(10)2)24-9-16(22)21-20-8-12-6-13(18)7-14(19)17(12)23/h3-8,23H,9H2,1-2H3,(H,21,22)/b20-8-.